The highest BCUT2D eigenvalue weighted by Gasteiger charge is 2.46. The van der Waals surface area contributed by atoms with Crippen molar-refractivity contribution in [2.45, 2.75) is 35.8 Å². The van der Waals surface area contributed by atoms with Crippen LogP contribution < -0.4 is 10.1 Å². The van der Waals surface area contributed by atoms with Gasteiger partial charge in [0.2, 0.25) is 0 Å². The minimum absolute atomic E-state index is 0.0581. The van der Waals surface area contributed by atoms with E-state index >= 15 is 0 Å². The van der Waals surface area contributed by atoms with Gasteiger partial charge < -0.3 is 14.6 Å². The van der Waals surface area contributed by atoms with E-state index in [-0.39, 0.29) is 18.6 Å². The Morgan fingerprint density at radius 3 is 2.43 bits per heavy atom. The predicted molar refractivity (Wildman–Crippen MR) is 132 cm³/mol. The van der Waals surface area contributed by atoms with Gasteiger partial charge in [-0.05, 0) is 66.9 Å². The van der Waals surface area contributed by atoms with Crippen LogP contribution in [0.25, 0.3) is 5.69 Å². The highest BCUT2D eigenvalue weighted by molar-refractivity contribution is 7.92. The van der Waals surface area contributed by atoms with Crippen LogP contribution in [0.5, 0.6) is 5.75 Å². The summed E-state index contributed by atoms with van der Waals surface area (Å²) in [7, 11) is -5.37. The average Bonchev–Trinajstić information content (AvgIpc) is 3.32. The minimum atomic E-state index is -5.37. The first-order valence-electron chi connectivity index (χ1n) is 11.5. The lowest BCUT2D eigenvalue weighted by molar-refractivity contribution is -0.124. The molecule has 1 amide bonds. The van der Waals surface area contributed by atoms with Crippen molar-refractivity contribution in [2.24, 2.45) is 0 Å². The zero-order valence-corrected chi connectivity index (χ0v) is 21.2. The third-order valence-electron chi connectivity index (χ3n) is 6.03. The number of hydrogen-bond acceptors (Lipinski definition) is 5. The second-order valence-electron chi connectivity index (χ2n) is 8.73. The number of sulfone groups is 1. The van der Waals surface area contributed by atoms with Crippen LogP contribution in [0.1, 0.15) is 18.4 Å². The highest BCUT2D eigenvalue weighted by Crippen LogP contribution is 2.30. The molecule has 1 N–H and O–H groups in total. The lowest BCUT2D eigenvalue weighted by Gasteiger charge is -2.32. The van der Waals surface area contributed by atoms with E-state index in [1.807, 2.05) is 12.3 Å². The molecule has 4 rings (SSSR count). The second kappa shape index (κ2) is 11.2. The Labute approximate surface area is 217 Å². The number of hydrogen-bond donors (Lipinski definition) is 1. The first-order chi connectivity index (χ1) is 17.5. The number of aromatic nitrogens is 1. The Morgan fingerprint density at radius 1 is 1.08 bits per heavy atom. The maximum absolute atomic E-state index is 12.7. The molecule has 1 fully saturated rings. The van der Waals surface area contributed by atoms with Crippen molar-refractivity contribution in [1.29, 1.82) is 0 Å². The van der Waals surface area contributed by atoms with Gasteiger partial charge in [0.1, 0.15) is 5.75 Å². The summed E-state index contributed by atoms with van der Waals surface area (Å²) in [6.07, 6.45) is 5.21. The number of likely N-dealkylation sites (tertiary alicyclic amines) is 1. The topological polar surface area (TPSA) is 80.6 Å². The molecule has 7 nitrogen and oxygen atoms in total. The predicted octanol–water partition coefficient (Wildman–Crippen LogP) is 4.58. The van der Waals surface area contributed by atoms with Gasteiger partial charge >= 0.3 is 5.51 Å². The summed E-state index contributed by atoms with van der Waals surface area (Å²) in [5, 5.41) is 3.53. The van der Waals surface area contributed by atoms with Crippen LogP contribution in [-0.4, -0.2) is 55.0 Å². The summed E-state index contributed by atoms with van der Waals surface area (Å²) in [5.74, 6) is 0.344. The Bertz CT molecular complexity index is 1340. The lowest BCUT2D eigenvalue weighted by atomic mass is 10.0. The lowest BCUT2D eigenvalue weighted by Crippen LogP contribution is -2.45. The number of nitrogens with one attached hydrogen (secondary N) is 1. The Hall–Kier alpha value is -3.02. The molecule has 3 aromatic rings. The molecule has 1 aliphatic heterocycles. The number of carbonyl (C=O) groups is 1. The van der Waals surface area contributed by atoms with E-state index in [9.17, 15) is 26.4 Å². The molecule has 0 aliphatic carbocycles. The summed E-state index contributed by atoms with van der Waals surface area (Å²) in [6, 6.07) is 13.4. The number of alkyl halides is 3. The van der Waals surface area contributed by atoms with E-state index in [0.29, 0.717) is 23.0 Å². The molecule has 198 valence electrons. The van der Waals surface area contributed by atoms with Crippen LogP contribution in [0.15, 0.2) is 71.9 Å². The number of piperidine rings is 1. The molecule has 12 heteroatoms. The molecule has 37 heavy (non-hydrogen) atoms. The molecule has 0 saturated carbocycles. The molecule has 2 heterocycles. The van der Waals surface area contributed by atoms with E-state index in [1.54, 1.807) is 35.0 Å². The number of halogens is 4. The molecule has 1 aromatic heterocycles. The number of amides is 1. The SMILES string of the molecule is O=C(COc1cccc(Cl)c1)NC1CCN(Cc2ccn(-c3ccc(S(=O)(=O)C(F)(F)F)cc3)c2)CC1. The van der Waals surface area contributed by atoms with Crippen molar-refractivity contribution in [3.05, 3.63) is 77.6 Å². The molecule has 0 radical (unpaired) electrons. The Balaban J connectivity index is 1.24. The normalized spacial score (nSPS) is 15.5. The zero-order valence-electron chi connectivity index (χ0n) is 19.6. The van der Waals surface area contributed by atoms with Crippen molar-refractivity contribution in [3.63, 3.8) is 0 Å². The molecule has 1 aliphatic rings. The standard InChI is InChI=1S/C25H25ClF3N3O4S/c26-19-2-1-3-22(14-19)36-17-24(33)30-20-9-11-31(12-10-20)15-18-8-13-32(16-18)21-4-6-23(7-5-21)37(34,35)25(27,28)29/h1-8,13-14,16,20H,9-12,15,17H2,(H,30,33). The number of ether oxygens (including phenoxy) is 1. The molecular weight excluding hydrogens is 531 g/mol. The van der Waals surface area contributed by atoms with Gasteiger partial charge in [0.25, 0.3) is 15.7 Å². The van der Waals surface area contributed by atoms with Gasteiger partial charge in [-0.15, -0.1) is 0 Å². The number of benzene rings is 2. The van der Waals surface area contributed by atoms with Crippen molar-refractivity contribution in [2.75, 3.05) is 19.7 Å². The minimum Gasteiger partial charge on any atom is -0.484 e. The van der Waals surface area contributed by atoms with Gasteiger partial charge in [-0.25, -0.2) is 8.42 Å². The van der Waals surface area contributed by atoms with E-state index in [2.05, 4.69) is 10.2 Å². The highest BCUT2D eigenvalue weighted by atomic mass is 35.5. The van der Waals surface area contributed by atoms with Gasteiger partial charge in [0.15, 0.2) is 6.61 Å². The van der Waals surface area contributed by atoms with Crippen molar-refractivity contribution in [1.82, 2.24) is 14.8 Å². The average molecular weight is 556 g/mol. The van der Waals surface area contributed by atoms with Crippen LogP contribution in [0, 0.1) is 0 Å². The first kappa shape index (κ1) is 27.0. The quantitative estimate of drug-likeness (QED) is 0.440. The third kappa shape index (κ3) is 6.85. The van der Waals surface area contributed by atoms with E-state index < -0.39 is 20.2 Å². The van der Waals surface area contributed by atoms with Crippen LogP contribution in [-0.2, 0) is 21.2 Å². The molecule has 0 bridgehead atoms. The summed E-state index contributed by atoms with van der Waals surface area (Å²) < 4.78 is 68.5. The van der Waals surface area contributed by atoms with E-state index in [1.165, 1.54) is 12.1 Å². The fourth-order valence-corrected chi connectivity index (χ4v) is 5.04. The van der Waals surface area contributed by atoms with E-state index in [4.69, 9.17) is 16.3 Å². The number of rotatable bonds is 8. The van der Waals surface area contributed by atoms with Crippen molar-refractivity contribution in [3.8, 4) is 11.4 Å². The van der Waals surface area contributed by atoms with Gasteiger partial charge in [-0.2, -0.15) is 13.2 Å². The zero-order chi connectivity index (χ0) is 26.6. The van der Waals surface area contributed by atoms with E-state index in [0.717, 1.165) is 43.6 Å². The van der Waals surface area contributed by atoms with Gasteiger partial charge in [0.05, 0.1) is 4.90 Å². The van der Waals surface area contributed by atoms with Gasteiger partial charge in [-0.1, -0.05) is 17.7 Å². The second-order valence-corrected chi connectivity index (χ2v) is 11.1. The smallest absolute Gasteiger partial charge is 0.484 e. The fraction of sp³-hybridized carbons (Fsp3) is 0.320. The third-order valence-corrected chi connectivity index (χ3v) is 7.77. The maximum atomic E-state index is 12.7. The number of nitrogens with zero attached hydrogens (tertiary/aromatic N) is 2. The Morgan fingerprint density at radius 2 is 1.78 bits per heavy atom. The fourth-order valence-electron chi connectivity index (χ4n) is 4.09. The van der Waals surface area contributed by atoms with Gasteiger partial charge in [0, 0.05) is 48.8 Å². The Kier molecular flexibility index (Phi) is 8.15. The molecule has 0 spiro atoms. The van der Waals surface area contributed by atoms with Crippen LogP contribution in [0.4, 0.5) is 13.2 Å². The molecule has 1 saturated heterocycles. The van der Waals surface area contributed by atoms with Crippen LogP contribution in [0.2, 0.25) is 5.02 Å². The monoisotopic (exact) mass is 555 g/mol. The first-order valence-corrected chi connectivity index (χ1v) is 13.4. The molecular formula is C25H25ClF3N3O4S. The molecule has 0 unspecified atom stereocenters. The van der Waals surface area contributed by atoms with Crippen molar-refractivity contribution >= 4 is 27.3 Å². The largest absolute Gasteiger partial charge is 0.501 e. The van der Waals surface area contributed by atoms with Crippen LogP contribution in [0.3, 0.4) is 0 Å². The summed E-state index contributed by atoms with van der Waals surface area (Å²) in [4.78, 5) is 13.7. The summed E-state index contributed by atoms with van der Waals surface area (Å²) >= 11 is 5.91. The molecule has 0 atom stereocenters. The number of carbonyl (C=O) groups excluding carboxylic acids is 1. The van der Waals surface area contributed by atoms with Crippen LogP contribution >= 0.6 is 11.6 Å². The molecule has 2 aromatic carbocycles. The maximum Gasteiger partial charge on any atom is 0.501 e. The summed E-state index contributed by atoms with van der Waals surface area (Å²) in [6.45, 7) is 2.16. The summed E-state index contributed by atoms with van der Waals surface area (Å²) in [5.41, 5.74) is -3.78. The van der Waals surface area contributed by atoms with Gasteiger partial charge in [-0.3, -0.25) is 9.69 Å². The van der Waals surface area contributed by atoms with Crippen molar-refractivity contribution < 1.29 is 31.1 Å².